The topological polar surface area (TPSA) is 142 Å². The van der Waals surface area contributed by atoms with Crippen LogP contribution in [0.15, 0.2) is 59.2 Å². The van der Waals surface area contributed by atoms with Gasteiger partial charge in [0.1, 0.15) is 12.7 Å². The average molecular weight is 800 g/mol. The van der Waals surface area contributed by atoms with E-state index >= 15 is 0 Å². The van der Waals surface area contributed by atoms with Crippen LogP contribution in [-0.2, 0) is 42.9 Å². The van der Waals surface area contributed by atoms with Crippen LogP contribution in [0.5, 0.6) is 0 Å². The standard InChI is InChI=1S/C41H55BrN2O9/c1-38(2,3)34(45)49-22-28-30(51-35(46)39(4,5)6)31(52-36(47)40(7,8)9)32(53-37(48)41(10,11)12)33(50-28)44-29(23-17-19-24(42)20-18-23)26-21-43-27-16-14-13-15-25(26)27/h13-21,28-33,43-44H,22H2,1-12H3/t28-,29+,30+,31+,32-,33-/m1/s1. The Morgan fingerprint density at radius 3 is 1.72 bits per heavy atom. The Balaban J connectivity index is 1.93. The van der Waals surface area contributed by atoms with Crippen molar-refractivity contribution in [3.8, 4) is 0 Å². The molecular formula is C41H55BrN2O9. The van der Waals surface area contributed by atoms with E-state index in [1.807, 2.05) is 54.7 Å². The highest BCUT2D eigenvalue weighted by molar-refractivity contribution is 9.10. The van der Waals surface area contributed by atoms with Gasteiger partial charge in [-0.15, -0.1) is 0 Å². The molecule has 2 heterocycles. The number of aromatic amines is 1. The molecular weight excluding hydrogens is 744 g/mol. The quantitative estimate of drug-likeness (QED) is 0.163. The van der Waals surface area contributed by atoms with Crippen LogP contribution in [0, 0.1) is 21.7 Å². The number of fused-ring (bicyclic) bond motifs is 1. The molecule has 12 heteroatoms. The van der Waals surface area contributed by atoms with Crippen molar-refractivity contribution >= 4 is 50.7 Å². The number of para-hydroxylation sites is 1. The minimum Gasteiger partial charge on any atom is -0.462 e. The summed E-state index contributed by atoms with van der Waals surface area (Å²) in [6.45, 7) is 20.1. The van der Waals surface area contributed by atoms with E-state index < -0.39 is 82.2 Å². The maximum atomic E-state index is 13.8. The minimum absolute atomic E-state index is 0.351. The fraction of sp³-hybridized carbons (Fsp3) is 0.561. The molecule has 2 N–H and O–H groups in total. The normalized spacial score (nSPS) is 21.8. The van der Waals surface area contributed by atoms with Gasteiger partial charge in [0, 0.05) is 21.6 Å². The number of hydrogen-bond donors (Lipinski definition) is 2. The van der Waals surface area contributed by atoms with Crippen LogP contribution in [0.2, 0.25) is 0 Å². The lowest BCUT2D eigenvalue weighted by Crippen LogP contribution is -2.67. The second-order valence-electron chi connectivity index (χ2n) is 17.7. The van der Waals surface area contributed by atoms with Gasteiger partial charge >= 0.3 is 23.9 Å². The van der Waals surface area contributed by atoms with Gasteiger partial charge in [-0.1, -0.05) is 46.3 Å². The van der Waals surface area contributed by atoms with Crippen LogP contribution in [0.4, 0.5) is 0 Å². The zero-order chi connectivity index (χ0) is 39.7. The number of hydrogen-bond acceptors (Lipinski definition) is 10. The first-order valence-electron chi connectivity index (χ1n) is 17.9. The maximum Gasteiger partial charge on any atom is 0.311 e. The first kappa shape index (κ1) is 42.0. The summed E-state index contributed by atoms with van der Waals surface area (Å²) in [5, 5.41) is 4.52. The molecule has 3 aromatic rings. The third-order valence-corrected chi connectivity index (χ3v) is 9.19. The number of halogens is 1. The van der Waals surface area contributed by atoms with Crippen molar-refractivity contribution in [2.45, 2.75) is 120 Å². The molecule has 0 amide bonds. The van der Waals surface area contributed by atoms with Gasteiger partial charge in [-0.05, 0) is 112 Å². The highest BCUT2D eigenvalue weighted by Crippen LogP contribution is 2.37. The minimum atomic E-state index is -1.38. The number of carbonyl (C=O) groups is 4. The Bertz CT molecular complexity index is 1770. The van der Waals surface area contributed by atoms with Crippen molar-refractivity contribution < 1.29 is 42.9 Å². The van der Waals surface area contributed by atoms with E-state index in [2.05, 4.69) is 26.2 Å². The van der Waals surface area contributed by atoms with Crippen LogP contribution < -0.4 is 5.32 Å². The third kappa shape index (κ3) is 10.5. The molecule has 1 fully saturated rings. The molecule has 2 aromatic carbocycles. The first-order chi connectivity index (χ1) is 24.4. The van der Waals surface area contributed by atoms with Gasteiger partial charge in [-0.25, -0.2) is 0 Å². The molecule has 0 bridgehead atoms. The molecule has 1 aliphatic heterocycles. The summed E-state index contributed by atoms with van der Waals surface area (Å²) < 4.78 is 32.0. The Kier molecular flexibility index (Phi) is 12.6. The van der Waals surface area contributed by atoms with Crippen molar-refractivity contribution in [3.05, 3.63) is 70.3 Å². The zero-order valence-corrected chi connectivity index (χ0v) is 34.5. The van der Waals surface area contributed by atoms with Gasteiger partial charge in [0.05, 0.1) is 27.7 Å². The molecule has 53 heavy (non-hydrogen) atoms. The molecule has 0 saturated carbocycles. The Labute approximate surface area is 321 Å². The molecule has 11 nitrogen and oxygen atoms in total. The van der Waals surface area contributed by atoms with E-state index in [0.29, 0.717) is 0 Å². The van der Waals surface area contributed by atoms with Crippen LogP contribution in [0.3, 0.4) is 0 Å². The van der Waals surface area contributed by atoms with Crippen LogP contribution in [0.25, 0.3) is 10.9 Å². The summed E-state index contributed by atoms with van der Waals surface area (Å²) in [6, 6.07) is 15.0. The fourth-order valence-corrected chi connectivity index (χ4v) is 5.65. The van der Waals surface area contributed by atoms with E-state index in [0.717, 1.165) is 26.5 Å². The first-order valence-corrected chi connectivity index (χ1v) is 18.7. The molecule has 4 rings (SSSR count). The molecule has 1 aliphatic rings. The summed E-state index contributed by atoms with van der Waals surface area (Å²) in [5.74, 6) is -2.35. The Hall–Kier alpha value is -3.74. The highest BCUT2D eigenvalue weighted by Gasteiger charge is 2.55. The van der Waals surface area contributed by atoms with Gasteiger partial charge < -0.3 is 28.7 Å². The summed E-state index contributed by atoms with van der Waals surface area (Å²) >= 11 is 3.53. The predicted molar refractivity (Wildman–Crippen MR) is 204 cm³/mol. The second-order valence-corrected chi connectivity index (χ2v) is 18.7. The van der Waals surface area contributed by atoms with Gasteiger partial charge in [-0.2, -0.15) is 0 Å². The monoisotopic (exact) mass is 798 g/mol. The van der Waals surface area contributed by atoms with E-state index in [4.69, 9.17) is 23.7 Å². The van der Waals surface area contributed by atoms with Crippen molar-refractivity contribution in [2.75, 3.05) is 6.61 Å². The number of rotatable bonds is 9. The van der Waals surface area contributed by atoms with Crippen molar-refractivity contribution in [1.82, 2.24) is 10.3 Å². The zero-order valence-electron chi connectivity index (χ0n) is 32.9. The second kappa shape index (κ2) is 15.9. The molecule has 0 unspecified atom stereocenters. The van der Waals surface area contributed by atoms with Crippen LogP contribution in [-0.4, -0.2) is 66.1 Å². The Morgan fingerprint density at radius 1 is 0.698 bits per heavy atom. The van der Waals surface area contributed by atoms with Gasteiger partial charge in [0.2, 0.25) is 0 Å². The number of nitrogens with one attached hydrogen (secondary N) is 2. The van der Waals surface area contributed by atoms with Crippen LogP contribution in [0.1, 0.15) is 100 Å². The lowest BCUT2D eigenvalue weighted by Gasteiger charge is -2.47. The number of benzene rings is 2. The average Bonchev–Trinajstić information content (AvgIpc) is 3.47. The largest absolute Gasteiger partial charge is 0.462 e. The van der Waals surface area contributed by atoms with E-state index in [1.54, 1.807) is 83.1 Å². The molecule has 0 spiro atoms. The lowest BCUT2D eigenvalue weighted by atomic mass is 9.91. The predicted octanol–water partition coefficient (Wildman–Crippen LogP) is 7.80. The summed E-state index contributed by atoms with van der Waals surface area (Å²) in [5.41, 5.74) is -1.16. The molecule has 0 radical (unpaired) electrons. The molecule has 1 aromatic heterocycles. The van der Waals surface area contributed by atoms with Gasteiger partial charge in [0.15, 0.2) is 24.5 Å². The lowest BCUT2D eigenvalue weighted by molar-refractivity contribution is -0.265. The number of H-pyrrole nitrogens is 1. The number of carbonyl (C=O) groups excluding carboxylic acids is 4. The number of esters is 4. The van der Waals surface area contributed by atoms with Gasteiger partial charge in [0.25, 0.3) is 0 Å². The van der Waals surface area contributed by atoms with Crippen molar-refractivity contribution in [1.29, 1.82) is 0 Å². The van der Waals surface area contributed by atoms with Gasteiger partial charge in [-0.3, -0.25) is 24.5 Å². The molecule has 6 atom stereocenters. The smallest absolute Gasteiger partial charge is 0.311 e. The number of aromatic nitrogens is 1. The van der Waals surface area contributed by atoms with Crippen molar-refractivity contribution in [3.63, 3.8) is 0 Å². The van der Waals surface area contributed by atoms with Crippen LogP contribution >= 0.6 is 15.9 Å². The summed E-state index contributed by atoms with van der Waals surface area (Å²) in [4.78, 5) is 57.5. The highest BCUT2D eigenvalue weighted by atomic mass is 79.9. The van der Waals surface area contributed by atoms with E-state index in [1.165, 1.54) is 0 Å². The SMILES string of the molecule is CC(C)(C)C(=O)OC[C@H]1O[C@@H](N[C@@H](c2ccc(Br)cc2)c2c[nH]c3ccccc23)[C@H](OC(=O)C(C)(C)C)[C@@H](OC(=O)C(C)(C)C)[C@H]1OC(=O)C(C)(C)C. The summed E-state index contributed by atoms with van der Waals surface area (Å²) in [7, 11) is 0. The Morgan fingerprint density at radius 2 is 1.19 bits per heavy atom. The third-order valence-electron chi connectivity index (χ3n) is 8.66. The summed E-state index contributed by atoms with van der Waals surface area (Å²) in [6.07, 6.45) is -4.47. The maximum absolute atomic E-state index is 13.8. The van der Waals surface area contributed by atoms with E-state index in [9.17, 15) is 19.2 Å². The fourth-order valence-electron chi connectivity index (χ4n) is 5.38. The molecule has 0 aliphatic carbocycles. The number of ether oxygens (including phenoxy) is 5. The molecule has 290 valence electrons. The van der Waals surface area contributed by atoms with Crippen molar-refractivity contribution in [2.24, 2.45) is 21.7 Å². The van der Waals surface area contributed by atoms with E-state index in [-0.39, 0.29) is 6.61 Å². The molecule has 1 saturated heterocycles.